The highest BCUT2D eigenvalue weighted by Gasteiger charge is 2.06. The Balaban J connectivity index is 1.95. The highest BCUT2D eigenvalue weighted by Crippen LogP contribution is 2.19. The number of hydrogen-bond donors (Lipinski definition) is 1. The number of nitrogens with one attached hydrogen (secondary N) is 1. The van der Waals surface area contributed by atoms with Crippen LogP contribution < -0.4 is 10.1 Å². The molecule has 0 spiro atoms. The third-order valence-corrected chi connectivity index (χ3v) is 3.07. The largest absolute Gasteiger partial charge is 0.487 e. The van der Waals surface area contributed by atoms with E-state index in [2.05, 4.69) is 10.3 Å². The fourth-order valence-corrected chi connectivity index (χ4v) is 1.87. The number of benzene rings is 1. The maximum atomic E-state index is 13.7. The van der Waals surface area contributed by atoms with Crippen LogP contribution in [0.25, 0.3) is 0 Å². The Morgan fingerprint density at radius 2 is 2.15 bits per heavy atom. The van der Waals surface area contributed by atoms with E-state index in [1.807, 2.05) is 19.1 Å². The van der Waals surface area contributed by atoms with Crippen molar-refractivity contribution in [3.63, 3.8) is 0 Å². The summed E-state index contributed by atoms with van der Waals surface area (Å²) in [7, 11) is 0. The normalized spacial score (nSPS) is 10.6. The summed E-state index contributed by atoms with van der Waals surface area (Å²) in [5, 5.41) is 3.29. The molecule has 2 rings (SSSR count). The van der Waals surface area contributed by atoms with Gasteiger partial charge in [0.2, 0.25) is 0 Å². The van der Waals surface area contributed by atoms with Crippen molar-refractivity contribution in [3.05, 3.63) is 58.6 Å². The number of pyridine rings is 1. The molecule has 0 fully saturated rings. The van der Waals surface area contributed by atoms with Crippen molar-refractivity contribution in [3.8, 4) is 5.75 Å². The summed E-state index contributed by atoms with van der Waals surface area (Å²) in [6.07, 6.45) is 1.63. The zero-order chi connectivity index (χ0) is 14.4. The number of hydrogen-bond acceptors (Lipinski definition) is 3. The third-order valence-electron chi connectivity index (χ3n) is 2.78. The van der Waals surface area contributed by atoms with E-state index in [0.29, 0.717) is 11.3 Å². The lowest BCUT2D eigenvalue weighted by Crippen LogP contribution is -2.12. The number of halogens is 2. The van der Waals surface area contributed by atoms with E-state index in [-0.39, 0.29) is 11.6 Å². The first-order valence-electron chi connectivity index (χ1n) is 6.42. The average molecular weight is 295 g/mol. The van der Waals surface area contributed by atoms with Crippen molar-refractivity contribution < 1.29 is 9.13 Å². The molecule has 0 aliphatic heterocycles. The summed E-state index contributed by atoms with van der Waals surface area (Å²) in [4.78, 5) is 4.26. The predicted molar refractivity (Wildman–Crippen MR) is 77.4 cm³/mol. The molecule has 3 nitrogen and oxygen atoms in total. The van der Waals surface area contributed by atoms with Gasteiger partial charge in [-0.15, -0.1) is 0 Å². The van der Waals surface area contributed by atoms with Crippen molar-refractivity contribution >= 4 is 11.6 Å². The van der Waals surface area contributed by atoms with Gasteiger partial charge >= 0.3 is 0 Å². The van der Waals surface area contributed by atoms with E-state index in [0.717, 1.165) is 18.8 Å². The molecular formula is C15H16ClFN2O. The van der Waals surface area contributed by atoms with Gasteiger partial charge in [0.15, 0.2) is 0 Å². The third kappa shape index (κ3) is 3.92. The van der Waals surface area contributed by atoms with Crippen LogP contribution in [0.2, 0.25) is 5.02 Å². The van der Waals surface area contributed by atoms with Gasteiger partial charge in [-0.2, -0.15) is 0 Å². The second kappa shape index (κ2) is 7.22. The molecule has 2 aromatic rings. The van der Waals surface area contributed by atoms with E-state index in [9.17, 15) is 4.39 Å². The van der Waals surface area contributed by atoms with Crippen molar-refractivity contribution in [1.29, 1.82) is 0 Å². The summed E-state index contributed by atoms with van der Waals surface area (Å²) in [5.41, 5.74) is 1.36. The zero-order valence-electron chi connectivity index (χ0n) is 11.2. The van der Waals surface area contributed by atoms with E-state index < -0.39 is 5.82 Å². The van der Waals surface area contributed by atoms with E-state index in [4.69, 9.17) is 16.3 Å². The highest BCUT2D eigenvalue weighted by atomic mass is 35.5. The Kier molecular flexibility index (Phi) is 5.32. The van der Waals surface area contributed by atoms with E-state index in [1.165, 1.54) is 6.07 Å². The van der Waals surface area contributed by atoms with Gasteiger partial charge in [0, 0.05) is 12.1 Å². The van der Waals surface area contributed by atoms with Crippen LogP contribution >= 0.6 is 11.6 Å². The van der Waals surface area contributed by atoms with Gasteiger partial charge in [-0.25, -0.2) is 4.39 Å². The van der Waals surface area contributed by atoms with Crippen molar-refractivity contribution in [2.45, 2.75) is 20.1 Å². The maximum absolute atomic E-state index is 13.7. The molecule has 0 unspecified atom stereocenters. The van der Waals surface area contributed by atoms with Crippen molar-refractivity contribution in [2.75, 3.05) is 6.54 Å². The Morgan fingerprint density at radius 3 is 2.85 bits per heavy atom. The first-order chi connectivity index (χ1) is 9.70. The number of aromatic nitrogens is 1. The monoisotopic (exact) mass is 294 g/mol. The Hall–Kier alpha value is -1.65. The van der Waals surface area contributed by atoms with Crippen LogP contribution in [0.5, 0.6) is 5.75 Å². The minimum atomic E-state index is -0.439. The highest BCUT2D eigenvalue weighted by molar-refractivity contribution is 6.30. The molecule has 0 radical (unpaired) electrons. The lowest BCUT2D eigenvalue weighted by atomic mass is 10.2. The van der Waals surface area contributed by atoms with Crippen LogP contribution in [0, 0.1) is 5.82 Å². The van der Waals surface area contributed by atoms with Gasteiger partial charge < -0.3 is 10.1 Å². The van der Waals surface area contributed by atoms with E-state index >= 15 is 0 Å². The molecule has 0 aliphatic carbocycles. The van der Waals surface area contributed by atoms with Gasteiger partial charge in [-0.3, -0.25) is 4.98 Å². The van der Waals surface area contributed by atoms with E-state index in [1.54, 1.807) is 18.3 Å². The summed E-state index contributed by atoms with van der Waals surface area (Å²) in [6.45, 7) is 3.78. The first kappa shape index (κ1) is 14.8. The molecule has 0 saturated carbocycles. The standard InChI is InChI=1S/C15H16ClFN2O/c1-2-18-8-12-6-7-13(9-19-12)20-10-11-4-3-5-14(16)15(11)17/h3-7,9,18H,2,8,10H2,1H3. The maximum Gasteiger partial charge on any atom is 0.148 e. The van der Waals surface area contributed by atoms with Crippen LogP contribution in [0.4, 0.5) is 4.39 Å². The second-order valence-corrected chi connectivity index (χ2v) is 4.67. The molecule has 0 aliphatic rings. The minimum absolute atomic E-state index is 0.102. The molecule has 1 N–H and O–H groups in total. The predicted octanol–water partition coefficient (Wildman–Crippen LogP) is 3.56. The lowest BCUT2D eigenvalue weighted by molar-refractivity contribution is 0.298. The second-order valence-electron chi connectivity index (χ2n) is 4.27. The lowest BCUT2D eigenvalue weighted by Gasteiger charge is -2.08. The quantitative estimate of drug-likeness (QED) is 0.884. The van der Waals surface area contributed by atoms with Crippen LogP contribution in [0.3, 0.4) is 0 Å². The molecule has 5 heteroatoms. The summed E-state index contributed by atoms with van der Waals surface area (Å²) in [5.74, 6) is 0.163. The molecule has 0 saturated heterocycles. The smallest absolute Gasteiger partial charge is 0.148 e. The van der Waals surface area contributed by atoms with Crippen LogP contribution in [-0.2, 0) is 13.2 Å². The fourth-order valence-electron chi connectivity index (χ4n) is 1.67. The number of rotatable bonds is 6. The topological polar surface area (TPSA) is 34.1 Å². The number of nitrogens with zero attached hydrogens (tertiary/aromatic N) is 1. The van der Waals surface area contributed by atoms with Gasteiger partial charge in [-0.1, -0.05) is 30.7 Å². The average Bonchev–Trinajstić information content (AvgIpc) is 2.48. The molecule has 0 atom stereocenters. The van der Waals surface area contributed by atoms with Gasteiger partial charge in [0.05, 0.1) is 16.9 Å². The van der Waals surface area contributed by atoms with Crippen LogP contribution in [-0.4, -0.2) is 11.5 Å². The first-order valence-corrected chi connectivity index (χ1v) is 6.80. The summed E-state index contributed by atoms with van der Waals surface area (Å²) in [6, 6.07) is 8.56. The zero-order valence-corrected chi connectivity index (χ0v) is 12.0. The van der Waals surface area contributed by atoms with Gasteiger partial charge in [0.1, 0.15) is 18.2 Å². The molecule has 1 aromatic carbocycles. The molecule has 1 heterocycles. The Labute approximate surface area is 122 Å². The molecular weight excluding hydrogens is 279 g/mol. The molecule has 0 amide bonds. The summed E-state index contributed by atoms with van der Waals surface area (Å²) >= 11 is 5.71. The number of ether oxygens (including phenoxy) is 1. The minimum Gasteiger partial charge on any atom is -0.487 e. The fraction of sp³-hybridized carbons (Fsp3) is 0.267. The van der Waals surface area contributed by atoms with Gasteiger partial charge in [-0.05, 0) is 24.7 Å². The van der Waals surface area contributed by atoms with Crippen LogP contribution in [0.15, 0.2) is 36.5 Å². The Morgan fingerprint density at radius 1 is 1.30 bits per heavy atom. The van der Waals surface area contributed by atoms with Gasteiger partial charge in [0.25, 0.3) is 0 Å². The summed E-state index contributed by atoms with van der Waals surface area (Å²) < 4.78 is 19.2. The molecule has 1 aromatic heterocycles. The van der Waals surface area contributed by atoms with Crippen LogP contribution in [0.1, 0.15) is 18.2 Å². The molecule has 20 heavy (non-hydrogen) atoms. The van der Waals surface area contributed by atoms with Crippen molar-refractivity contribution in [2.24, 2.45) is 0 Å². The molecule has 106 valence electrons. The molecule has 0 bridgehead atoms. The Bertz CT molecular complexity index is 560. The SMILES string of the molecule is CCNCc1ccc(OCc2cccc(Cl)c2F)cn1. The van der Waals surface area contributed by atoms with Crippen molar-refractivity contribution in [1.82, 2.24) is 10.3 Å².